The van der Waals surface area contributed by atoms with Crippen molar-refractivity contribution >= 4 is 17.7 Å². The number of hydrogen-bond acceptors (Lipinski definition) is 3. The third-order valence-corrected chi connectivity index (χ3v) is 2.64. The van der Waals surface area contributed by atoms with Gasteiger partial charge in [0.25, 0.3) is 0 Å². The van der Waals surface area contributed by atoms with E-state index in [1.807, 2.05) is 0 Å². The van der Waals surface area contributed by atoms with Crippen LogP contribution < -0.4 is 0 Å². The highest BCUT2D eigenvalue weighted by atomic mass is 32.2. The average Bonchev–Trinajstić information content (AvgIpc) is 2.08. The molecule has 3 nitrogen and oxygen atoms in total. The first kappa shape index (κ1) is 14.6. The summed E-state index contributed by atoms with van der Waals surface area (Å²) < 4.78 is 39.1. The maximum absolute atomic E-state index is 11.6. The molecule has 0 aromatic carbocycles. The lowest BCUT2D eigenvalue weighted by atomic mass is 10.5. The SMILES string of the molecule is CC(SCCCOCC(F)(F)F)C(=O)O. The molecule has 0 fully saturated rings. The number of alkyl halides is 3. The van der Waals surface area contributed by atoms with Crippen LogP contribution in [0.3, 0.4) is 0 Å². The van der Waals surface area contributed by atoms with Crippen molar-refractivity contribution in [2.24, 2.45) is 0 Å². The first-order chi connectivity index (χ1) is 6.83. The lowest BCUT2D eigenvalue weighted by molar-refractivity contribution is -0.173. The molecule has 1 atom stereocenters. The minimum absolute atomic E-state index is 0.00114. The molecule has 0 aliphatic rings. The van der Waals surface area contributed by atoms with Crippen molar-refractivity contribution in [1.29, 1.82) is 0 Å². The zero-order chi connectivity index (χ0) is 11.9. The maximum atomic E-state index is 11.6. The highest BCUT2D eigenvalue weighted by molar-refractivity contribution is 8.00. The number of ether oxygens (including phenoxy) is 1. The Labute approximate surface area is 90.0 Å². The first-order valence-corrected chi connectivity index (χ1v) is 5.36. The minimum atomic E-state index is -4.29. The summed E-state index contributed by atoms with van der Waals surface area (Å²) >= 11 is 1.18. The normalized spacial score (nSPS) is 13.9. The molecule has 0 saturated carbocycles. The van der Waals surface area contributed by atoms with Gasteiger partial charge in [0, 0.05) is 6.61 Å². The Kier molecular flexibility index (Phi) is 6.75. The fourth-order valence-corrected chi connectivity index (χ4v) is 1.46. The zero-order valence-corrected chi connectivity index (χ0v) is 9.03. The van der Waals surface area contributed by atoms with Crippen molar-refractivity contribution < 1.29 is 27.8 Å². The topological polar surface area (TPSA) is 46.5 Å². The molecule has 0 aliphatic carbocycles. The highest BCUT2D eigenvalue weighted by Crippen LogP contribution is 2.15. The zero-order valence-electron chi connectivity index (χ0n) is 8.21. The Hall–Kier alpha value is -0.430. The van der Waals surface area contributed by atoms with Gasteiger partial charge in [-0.2, -0.15) is 13.2 Å². The molecule has 0 saturated heterocycles. The second kappa shape index (κ2) is 6.95. The molecular formula is C8H13F3O3S. The van der Waals surface area contributed by atoms with Gasteiger partial charge in [0.05, 0.1) is 5.25 Å². The monoisotopic (exact) mass is 246 g/mol. The van der Waals surface area contributed by atoms with Gasteiger partial charge in [-0.25, -0.2) is 0 Å². The summed E-state index contributed by atoms with van der Waals surface area (Å²) in [6, 6.07) is 0. The molecule has 0 radical (unpaired) electrons. The van der Waals surface area contributed by atoms with E-state index in [0.717, 1.165) is 0 Å². The van der Waals surface area contributed by atoms with E-state index in [9.17, 15) is 18.0 Å². The van der Waals surface area contributed by atoms with Gasteiger partial charge in [0.1, 0.15) is 6.61 Å². The van der Waals surface area contributed by atoms with Crippen LogP contribution in [0.15, 0.2) is 0 Å². The van der Waals surface area contributed by atoms with Crippen LogP contribution in [0.4, 0.5) is 13.2 Å². The molecule has 0 heterocycles. The predicted octanol–water partition coefficient (Wildman–Crippen LogP) is 2.16. The van der Waals surface area contributed by atoms with Gasteiger partial charge in [-0.15, -0.1) is 11.8 Å². The molecule has 1 unspecified atom stereocenters. The van der Waals surface area contributed by atoms with E-state index in [1.165, 1.54) is 18.7 Å². The Balaban J connectivity index is 3.29. The molecule has 15 heavy (non-hydrogen) atoms. The van der Waals surface area contributed by atoms with Crippen LogP contribution in [0.5, 0.6) is 0 Å². The molecule has 0 spiro atoms. The fraction of sp³-hybridized carbons (Fsp3) is 0.875. The largest absolute Gasteiger partial charge is 0.480 e. The van der Waals surface area contributed by atoms with Crippen LogP contribution in [0.2, 0.25) is 0 Å². The van der Waals surface area contributed by atoms with Crippen molar-refractivity contribution in [3.05, 3.63) is 0 Å². The predicted molar refractivity (Wildman–Crippen MR) is 51.0 cm³/mol. The summed E-state index contributed by atoms with van der Waals surface area (Å²) in [7, 11) is 0. The number of carboxylic acids is 1. The Morgan fingerprint density at radius 2 is 2.13 bits per heavy atom. The standard InChI is InChI=1S/C8H13F3O3S/c1-6(7(12)13)15-4-2-3-14-5-8(9,10)11/h6H,2-5H2,1H3,(H,12,13). The van der Waals surface area contributed by atoms with Crippen LogP contribution in [0.1, 0.15) is 13.3 Å². The fourth-order valence-electron chi connectivity index (χ4n) is 0.680. The summed E-state index contributed by atoms with van der Waals surface area (Å²) in [6.45, 7) is 0.286. The molecule has 0 aromatic rings. The molecule has 0 amide bonds. The van der Waals surface area contributed by atoms with E-state index in [-0.39, 0.29) is 6.61 Å². The molecule has 0 rings (SSSR count). The molecule has 90 valence electrons. The van der Waals surface area contributed by atoms with Crippen LogP contribution >= 0.6 is 11.8 Å². The summed E-state index contributed by atoms with van der Waals surface area (Å²) in [4.78, 5) is 10.3. The summed E-state index contributed by atoms with van der Waals surface area (Å²) in [5.74, 6) is -0.443. The number of thioether (sulfide) groups is 1. The third kappa shape index (κ3) is 9.86. The lowest BCUT2D eigenvalue weighted by Crippen LogP contribution is -2.18. The quantitative estimate of drug-likeness (QED) is 0.699. The lowest BCUT2D eigenvalue weighted by Gasteiger charge is -2.08. The molecule has 0 aromatic heterocycles. The number of aliphatic carboxylic acids is 1. The second-order valence-electron chi connectivity index (χ2n) is 2.87. The molecule has 0 aliphatic heterocycles. The molecular weight excluding hydrogens is 233 g/mol. The van der Waals surface area contributed by atoms with Gasteiger partial charge < -0.3 is 9.84 Å². The van der Waals surface area contributed by atoms with Crippen LogP contribution in [0, 0.1) is 0 Å². The first-order valence-electron chi connectivity index (χ1n) is 4.32. The van der Waals surface area contributed by atoms with Gasteiger partial charge in [-0.3, -0.25) is 4.79 Å². The van der Waals surface area contributed by atoms with E-state index < -0.39 is 24.0 Å². The number of halogens is 3. The second-order valence-corrected chi connectivity index (χ2v) is 4.32. The van der Waals surface area contributed by atoms with Crippen molar-refractivity contribution in [1.82, 2.24) is 0 Å². The van der Waals surface area contributed by atoms with E-state index >= 15 is 0 Å². The van der Waals surface area contributed by atoms with E-state index in [4.69, 9.17) is 5.11 Å². The summed E-state index contributed by atoms with van der Waals surface area (Å²) in [5, 5.41) is 7.96. The summed E-state index contributed by atoms with van der Waals surface area (Å²) in [6.07, 6.45) is -3.88. The van der Waals surface area contributed by atoms with Gasteiger partial charge >= 0.3 is 12.1 Å². The van der Waals surface area contributed by atoms with Crippen LogP contribution in [-0.4, -0.2) is 41.5 Å². The van der Waals surface area contributed by atoms with Crippen molar-refractivity contribution in [2.45, 2.75) is 24.8 Å². The number of carbonyl (C=O) groups is 1. The van der Waals surface area contributed by atoms with Crippen molar-refractivity contribution in [2.75, 3.05) is 19.0 Å². The molecule has 0 bridgehead atoms. The average molecular weight is 246 g/mol. The van der Waals surface area contributed by atoms with E-state index in [2.05, 4.69) is 4.74 Å². The van der Waals surface area contributed by atoms with Crippen molar-refractivity contribution in [3.63, 3.8) is 0 Å². The number of hydrogen-bond donors (Lipinski definition) is 1. The van der Waals surface area contributed by atoms with Gasteiger partial charge in [0.15, 0.2) is 0 Å². The third-order valence-electron chi connectivity index (χ3n) is 1.41. The Morgan fingerprint density at radius 3 is 2.60 bits per heavy atom. The van der Waals surface area contributed by atoms with Gasteiger partial charge in [-0.05, 0) is 19.1 Å². The molecule has 7 heteroatoms. The van der Waals surface area contributed by atoms with Gasteiger partial charge in [-0.1, -0.05) is 0 Å². The number of rotatable bonds is 7. The van der Waals surface area contributed by atoms with Crippen LogP contribution in [0.25, 0.3) is 0 Å². The highest BCUT2D eigenvalue weighted by Gasteiger charge is 2.27. The Bertz CT molecular complexity index is 196. The summed E-state index contributed by atoms with van der Waals surface area (Å²) in [5.41, 5.74) is 0. The van der Waals surface area contributed by atoms with E-state index in [0.29, 0.717) is 12.2 Å². The van der Waals surface area contributed by atoms with Crippen LogP contribution in [-0.2, 0) is 9.53 Å². The van der Waals surface area contributed by atoms with E-state index in [1.54, 1.807) is 0 Å². The van der Waals surface area contributed by atoms with Crippen molar-refractivity contribution in [3.8, 4) is 0 Å². The Morgan fingerprint density at radius 1 is 1.53 bits per heavy atom. The molecule has 1 N–H and O–H groups in total. The minimum Gasteiger partial charge on any atom is -0.480 e. The number of carboxylic acid groups (broad SMARTS) is 1. The smallest absolute Gasteiger partial charge is 0.411 e. The maximum Gasteiger partial charge on any atom is 0.411 e. The van der Waals surface area contributed by atoms with Gasteiger partial charge in [0.2, 0.25) is 0 Å².